The van der Waals surface area contributed by atoms with Crippen LogP contribution >= 0.6 is 0 Å². The van der Waals surface area contributed by atoms with Crippen molar-refractivity contribution in [3.05, 3.63) is 29.3 Å². The van der Waals surface area contributed by atoms with E-state index >= 15 is 0 Å². The number of aliphatic hydroxyl groups excluding tert-OH is 1. The predicted molar refractivity (Wildman–Crippen MR) is 70.2 cm³/mol. The third-order valence-corrected chi connectivity index (χ3v) is 3.35. The van der Waals surface area contributed by atoms with Crippen LogP contribution in [0.2, 0.25) is 0 Å². The molecule has 1 aliphatic heterocycles. The summed E-state index contributed by atoms with van der Waals surface area (Å²) in [4.78, 5) is 14.1. The summed E-state index contributed by atoms with van der Waals surface area (Å²) in [5.74, 6) is -0.245. The molecule has 1 aromatic rings. The van der Waals surface area contributed by atoms with Gasteiger partial charge >= 0.3 is 0 Å². The third kappa shape index (κ3) is 2.88. The molecule has 5 heteroatoms. The number of nitrogens with zero attached hydrogens (tertiary/aromatic N) is 1. The van der Waals surface area contributed by atoms with Gasteiger partial charge in [0.2, 0.25) is 0 Å². The van der Waals surface area contributed by atoms with Gasteiger partial charge in [-0.15, -0.1) is 0 Å². The van der Waals surface area contributed by atoms with Crippen molar-refractivity contribution in [1.82, 2.24) is 4.90 Å². The van der Waals surface area contributed by atoms with E-state index in [-0.39, 0.29) is 30.4 Å². The molecule has 1 amide bonds. The van der Waals surface area contributed by atoms with Crippen LogP contribution in [0.5, 0.6) is 5.75 Å². The smallest absolute Gasteiger partial charge is 0.258 e. The van der Waals surface area contributed by atoms with E-state index in [0.29, 0.717) is 18.7 Å². The van der Waals surface area contributed by atoms with E-state index in [0.717, 1.165) is 5.56 Å². The first-order valence-electron chi connectivity index (χ1n) is 6.36. The van der Waals surface area contributed by atoms with Crippen molar-refractivity contribution < 1.29 is 19.7 Å². The van der Waals surface area contributed by atoms with Crippen LogP contribution in [-0.4, -0.2) is 52.9 Å². The molecule has 0 aromatic heterocycles. The standard InChI is InChI=1S/C14H19NO4/c1-9-3-4-13(17)12(5-9)14(18)15-6-11(7-16)19-8-10(15)2/h3-5,10-11,16-17H,6-8H2,1-2H3. The van der Waals surface area contributed by atoms with E-state index in [1.165, 1.54) is 6.07 Å². The van der Waals surface area contributed by atoms with Crippen LogP contribution in [0.1, 0.15) is 22.8 Å². The third-order valence-electron chi connectivity index (χ3n) is 3.35. The summed E-state index contributed by atoms with van der Waals surface area (Å²) in [6, 6.07) is 4.88. The Labute approximate surface area is 112 Å². The molecule has 0 radical (unpaired) electrons. The van der Waals surface area contributed by atoms with E-state index in [4.69, 9.17) is 9.84 Å². The number of morpholine rings is 1. The summed E-state index contributed by atoms with van der Waals surface area (Å²) in [5.41, 5.74) is 1.21. The number of phenols is 1. The number of aliphatic hydroxyl groups is 1. The zero-order valence-electron chi connectivity index (χ0n) is 11.2. The molecule has 1 saturated heterocycles. The molecule has 1 aliphatic rings. The number of phenolic OH excluding ortho intramolecular Hbond substituents is 1. The van der Waals surface area contributed by atoms with Crippen molar-refractivity contribution in [2.75, 3.05) is 19.8 Å². The molecule has 2 rings (SSSR count). The number of ether oxygens (including phenoxy) is 1. The summed E-state index contributed by atoms with van der Waals surface area (Å²) in [6.45, 7) is 4.37. The highest BCUT2D eigenvalue weighted by atomic mass is 16.5. The van der Waals surface area contributed by atoms with Crippen molar-refractivity contribution in [1.29, 1.82) is 0 Å². The Morgan fingerprint density at radius 3 is 2.95 bits per heavy atom. The molecule has 0 spiro atoms. The number of aromatic hydroxyl groups is 1. The SMILES string of the molecule is Cc1ccc(O)c(C(=O)N2CC(CO)OCC2C)c1. The van der Waals surface area contributed by atoms with E-state index in [9.17, 15) is 9.90 Å². The van der Waals surface area contributed by atoms with Gasteiger partial charge in [-0.1, -0.05) is 11.6 Å². The highest BCUT2D eigenvalue weighted by Gasteiger charge is 2.30. The number of rotatable bonds is 2. The molecule has 2 N–H and O–H groups in total. The lowest BCUT2D eigenvalue weighted by Gasteiger charge is -2.37. The average molecular weight is 265 g/mol. The Bertz CT molecular complexity index is 475. The lowest BCUT2D eigenvalue weighted by atomic mass is 10.1. The second-order valence-electron chi connectivity index (χ2n) is 4.97. The summed E-state index contributed by atoms with van der Waals surface area (Å²) < 4.78 is 5.40. The Balaban J connectivity index is 2.24. The van der Waals surface area contributed by atoms with E-state index in [1.54, 1.807) is 17.0 Å². The normalized spacial score (nSPS) is 23.4. The average Bonchev–Trinajstić information content (AvgIpc) is 2.41. The molecular weight excluding hydrogens is 246 g/mol. The van der Waals surface area contributed by atoms with Crippen LogP contribution in [0.4, 0.5) is 0 Å². The van der Waals surface area contributed by atoms with Gasteiger partial charge in [-0.2, -0.15) is 0 Å². The highest BCUT2D eigenvalue weighted by Crippen LogP contribution is 2.23. The van der Waals surface area contributed by atoms with E-state index in [2.05, 4.69) is 0 Å². The van der Waals surface area contributed by atoms with Gasteiger partial charge in [-0.05, 0) is 26.0 Å². The molecule has 0 aliphatic carbocycles. The summed E-state index contributed by atoms with van der Waals surface area (Å²) in [5, 5.41) is 19.0. The van der Waals surface area contributed by atoms with Gasteiger partial charge in [0.05, 0.1) is 30.9 Å². The molecule has 1 fully saturated rings. The zero-order chi connectivity index (χ0) is 14.0. The quantitative estimate of drug-likeness (QED) is 0.834. The van der Waals surface area contributed by atoms with Crippen molar-refractivity contribution in [3.63, 3.8) is 0 Å². The topological polar surface area (TPSA) is 70.0 Å². The monoisotopic (exact) mass is 265 g/mol. The first kappa shape index (κ1) is 13.8. The van der Waals surface area contributed by atoms with Gasteiger partial charge in [0, 0.05) is 6.54 Å². The van der Waals surface area contributed by atoms with Crippen LogP contribution in [0.15, 0.2) is 18.2 Å². The fourth-order valence-corrected chi connectivity index (χ4v) is 2.19. The maximum absolute atomic E-state index is 12.5. The number of carbonyl (C=O) groups is 1. The maximum Gasteiger partial charge on any atom is 0.258 e. The van der Waals surface area contributed by atoms with Gasteiger partial charge in [-0.3, -0.25) is 4.79 Å². The van der Waals surface area contributed by atoms with Crippen LogP contribution in [0, 0.1) is 6.92 Å². The Kier molecular flexibility index (Phi) is 4.07. The van der Waals surface area contributed by atoms with E-state index in [1.807, 2.05) is 13.8 Å². The van der Waals surface area contributed by atoms with Crippen molar-refractivity contribution in [3.8, 4) is 5.75 Å². The van der Waals surface area contributed by atoms with E-state index < -0.39 is 0 Å². The molecule has 2 unspecified atom stereocenters. The molecule has 1 heterocycles. The first-order chi connectivity index (χ1) is 9.02. The number of hydrogen-bond acceptors (Lipinski definition) is 4. The van der Waals surface area contributed by atoms with Crippen LogP contribution < -0.4 is 0 Å². The molecule has 104 valence electrons. The zero-order valence-corrected chi connectivity index (χ0v) is 11.2. The Morgan fingerprint density at radius 1 is 1.53 bits per heavy atom. The Morgan fingerprint density at radius 2 is 2.26 bits per heavy atom. The van der Waals surface area contributed by atoms with Gasteiger partial charge in [0.25, 0.3) is 5.91 Å². The van der Waals surface area contributed by atoms with Crippen molar-refractivity contribution >= 4 is 5.91 Å². The second-order valence-corrected chi connectivity index (χ2v) is 4.97. The summed E-state index contributed by atoms with van der Waals surface area (Å²) >= 11 is 0. The number of benzene rings is 1. The molecule has 2 atom stereocenters. The molecule has 1 aromatic carbocycles. The van der Waals surface area contributed by atoms with Crippen LogP contribution in [0.3, 0.4) is 0 Å². The lowest BCUT2D eigenvalue weighted by Crippen LogP contribution is -2.52. The molecule has 0 bridgehead atoms. The van der Waals surface area contributed by atoms with Crippen LogP contribution in [-0.2, 0) is 4.74 Å². The Hall–Kier alpha value is -1.59. The molecule has 5 nitrogen and oxygen atoms in total. The lowest BCUT2D eigenvalue weighted by molar-refractivity contribution is -0.0667. The summed E-state index contributed by atoms with van der Waals surface area (Å²) in [6.07, 6.45) is -0.355. The van der Waals surface area contributed by atoms with Gasteiger partial charge < -0.3 is 19.8 Å². The highest BCUT2D eigenvalue weighted by molar-refractivity contribution is 5.97. The minimum Gasteiger partial charge on any atom is -0.507 e. The van der Waals surface area contributed by atoms with Crippen LogP contribution in [0.25, 0.3) is 0 Å². The summed E-state index contributed by atoms with van der Waals surface area (Å²) in [7, 11) is 0. The number of aryl methyl sites for hydroxylation is 1. The van der Waals surface area contributed by atoms with Crippen molar-refractivity contribution in [2.24, 2.45) is 0 Å². The van der Waals surface area contributed by atoms with Gasteiger partial charge in [0.1, 0.15) is 5.75 Å². The van der Waals surface area contributed by atoms with Crippen molar-refractivity contribution in [2.45, 2.75) is 26.0 Å². The molecule has 19 heavy (non-hydrogen) atoms. The van der Waals surface area contributed by atoms with Gasteiger partial charge in [0.15, 0.2) is 0 Å². The second kappa shape index (κ2) is 5.59. The minimum absolute atomic E-state index is 0.0187. The predicted octanol–water partition coefficient (Wildman–Crippen LogP) is 0.922. The van der Waals surface area contributed by atoms with Gasteiger partial charge in [-0.25, -0.2) is 0 Å². The molecular formula is C14H19NO4. The largest absolute Gasteiger partial charge is 0.507 e. The molecule has 0 saturated carbocycles. The number of carbonyl (C=O) groups excluding carboxylic acids is 1. The minimum atomic E-state index is -0.355. The maximum atomic E-state index is 12.5. The fourth-order valence-electron chi connectivity index (χ4n) is 2.19. The first-order valence-corrected chi connectivity index (χ1v) is 6.36. The number of hydrogen-bond donors (Lipinski definition) is 2. The number of amides is 1. The fraction of sp³-hybridized carbons (Fsp3) is 0.500.